The van der Waals surface area contributed by atoms with Gasteiger partial charge in [-0.3, -0.25) is 0 Å². The van der Waals surface area contributed by atoms with Crippen molar-refractivity contribution in [2.24, 2.45) is 0 Å². The van der Waals surface area contributed by atoms with E-state index >= 15 is 0 Å². The van der Waals surface area contributed by atoms with E-state index in [-0.39, 0.29) is 11.7 Å². The molecule has 2 rings (SSSR count). The van der Waals surface area contributed by atoms with Crippen molar-refractivity contribution < 1.29 is 14.6 Å². The van der Waals surface area contributed by atoms with E-state index in [1.165, 1.54) is 0 Å². The summed E-state index contributed by atoms with van der Waals surface area (Å²) in [5, 5.41) is 10.1. The summed E-state index contributed by atoms with van der Waals surface area (Å²) in [4.78, 5) is 11.7. The molecule has 24 heavy (non-hydrogen) atoms. The molecule has 0 unspecified atom stereocenters. The number of benzene rings is 2. The third-order valence-corrected chi connectivity index (χ3v) is 3.83. The average molecular weight is 345 g/mol. The number of carboxylic acids is 1. The number of aliphatic carboxylic acids is 1. The Hall–Kier alpha value is -2.26. The Morgan fingerprint density at radius 3 is 2.42 bits per heavy atom. The Bertz CT molecular complexity index is 791. The first kappa shape index (κ1) is 18.1. The van der Waals surface area contributed by atoms with Crippen LogP contribution in [0.4, 0.5) is 0 Å². The molecule has 126 valence electrons. The van der Waals surface area contributed by atoms with Crippen molar-refractivity contribution in [2.75, 3.05) is 0 Å². The van der Waals surface area contributed by atoms with Crippen LogP contribution in [0.2, 0.25) is 5.02 Å². The number of aryl methyl sites for hydroxylation is 2. The quantitative estimate of drug-likeness (QED) is 0.586. The van der Waals surface area contributed by atoms with Gasteiger partial charge < -0.3 is 9.84 Å². The summed E-state index contributed by atoms with van der Waals surface area (Å²) in [7, 11) is 0. The smallest absolute Gasteiger partial charge is 0.336 e. The average Bonchev–Trinajstić information content (AvgIpc) is 2.47. The molecule has 0 radical (unpaired) electrons. The van der Waals surface area contributed by atoms with Crippen molar-refractivity contribution >= 4 is 29.2 Å². The maximum Gasteiger partial charge on any atom is 0.336 e. The molecule has 2 aromatic carbocycles. The predicted octanol–water partition coefficient (Wildman–Crippen LogP) is 5.37. The van der Waals surface area contributed by atoms with Crippen molar-refractivity contribution in [3.63, 3.8) is 0 Å². The molecule has 0 aliphatic carbocycles. The van der Waals surface area contributed by atoms with Crippen LogP contribution in [0.3, 0.4) is 0 Å². The zero-order valence-corrected chi connectivity index (χ0v) is 15.0. The number of carboxylic acid groups (broad SMARTS) is 1. The summed E-state index contributed by atoms with van der Waals surface area (Å²) in [6.07, 6.45) is 1.65. The van der Waals surface area contributed by atoms with Crippen molar-refractivity contribution in [1.82, 2.24) is 0 Å². The lowest BCUT2D eigenvalue weighted by molar-refractivity contribution is -0.130. The van der Waals surface area contributed by atoms with Crippen LogP contribution in [0.15, 0.2) is 36.4 Å². The lowest BCUT2D eigenvalue weighted by Gasteiger charge is -2.12. The number of hydrogen-bond acceptors (Lipinski definition) is 2. The lowest BCUT2D eigenvalue weighted by Crippen LogP contribution is -2.06. The summed E-state index contributed by atoms with van der Waals surface area (Å²) in [6, 6.07) is 11.0. The van der Waals surface area contributed by atoms with Crippen LogP contribution in [0.25, 0.3) is 11.6 Å². The van der Waals surface area contributed by atoms with Crippen LogP contribution < -0.4 is 4.74 Å². The van der Waals surface area contributed by atoms with Crippen LogP contribution in [-0.4, -0.2) is 17.2 Å². The Morgan fingerprint density at radius 1 is 1.17 bits per heavy atom. The predicted molar refractivity (Wildman–Crippen MR) is 98.6 cm³/mol. The van der Waals surface area contributed by atoms with Crippen molar-refractivity contribution in [3.05, 3.63) is 63.7 Å². The number of halogens is 1. The van der Waals surface area contributed by atoms with Gasteiger partial charge in [0, 0.05) is 0 Å². The minimum atomic E-state index is -0.972. The van der Waals surface area contributed by atoms with Crippen LogP contribution >= 0.6 is 11.6 Å². The monoisotopic (exact) mass is 344 g/mol. The highest BCUT2D eigenvalue weighted by molar-refractivity contribution is 6.32. The van der Waals surface area contributed by atoms with E-state index < -0.39 is 5.97 Å². The molecule has 0 aromatic heterocycles. The van der Waals surface area contributed by atoms with Crippen LogP contribution in [0, 0.1) is 13.8 Å². The van der Waals surface area contributed by atoms with Crippen molar-refractivity contribution in [3.8, 4) is 5.75 Å². The lowest BCUT2D eigenvalue weighted by atomic mass is 9.97. The summed E-state index contributed by atoms with van der Waals surface area (Å²) in [5.74, 6) is -0.382. The first-order valence-corrected chi connectivity index (χ1v) is 8.14. The normalized spacial score (nSPS) is 11.7. The molecular formula is C20H21ClO3. The van der Waals surface area contributed by atoms with E-state index in [2.05, 4.69) is 0 Å². The fourth-order valence-electron chi connectivity index (χ4n) is 2.49. The summed E-state index contributed by atoms with van der Waals surface area (Å²) in [6.45, 7) is 7.74. The second kappa shape index (κ2) is 7.54. The number of ether oxygens (including phenoxy) is 1. The van der Waals surface area contributed by atoms with Gasteiger partial charge in [-0.15, -0.1) is 0 Å². The molecule has 0 aliphatic rings. The van der Waals surface area contributed by atoms with Crippen LogP contribution in [-0.2, 0) is 4.79 Å². The first-order chi connectivity index (χ1) is 11.3. The maximum absolute atomic E-state index is 11.7. The van der Waals surface area contributed by atoms with E-state index in [9.17, 15) is 9.90 Å². The highest BCUT2D eigenvalue weighted by Crippen LogP contribution is 2.29. The molecule has 3 nitrogen and oxygen atoms in total. The summed E-state index contributed by atoms with van der Waals surface area (Å²) in [5.41, 5.74) is 3.68. The fraction of sp³-hybridized carbons (Fsp3) is 0.250. The SMILES string of the molecule is Cc1ccc(/C(=C/c2ccc(OC(C)C)c(Cl)c2)C(=O)O)c(C)c1. The molecule has 2 aromatic rings. The van der Waals surface area contributed by atoms with E-state index in [0.29, 0.717) is 21.9 Å². The molecule has 0 fully saturated rings. The van der Waals surface area contributed by atoms with E-state index in [1.807, 2.05) is 45.9 Å². The van der Waals surface area contributed by atoms with Crippen molar-refractivity contribution in [2.45, 2.75) is 33.8 Å². The molecule has 0 bridgehead atoms. The largest absolute Gasteiger partial charge is 0.489 e. The second-order valence-corrected chi connectivity index (χ2v) is 6.45. The van der Waals surface area contributed by atoms with Gasteiger partial charge in [0.05, 0.1) is 16.7 Å². The van der Waals surface area contributed by atoms with Crippen LogP contribution in [0.5, 0.6) is 5.75 Å². The Kier molecular flexibility index (Phi) is 5.68. The summed E-state index contributed by atoms with van der Waals surface area (Å²) >= 11 is 6.23. The number of hydrogen-bond donors (Lipinski definition) is 1. The molecular weight excluding hydrogens is 324 g/mol. The highest BCUT2D eigenvalue weighted by Gasteiger charge is 2.14. The molecule has 0 saturated heterocycles. The van der Waals surface area contributed by atoms with Gasteiger partial charge in [0.2, 0.25) is 0 Å². The Morgan fingerprint density at radius 2 is 1.88 bits per heavy atom. The molecule has 0 atom stereocenters. The maximum atomic E-state index is 11.7. The molecule has 4 heteroatoms. The zero-order valence-electron chi connectivity index (χ0n) is 14.3. The Labute approximate surface area is 147 Å². The van der Waals surface area contributed by atoms with Gasteiger partial charge in [0.15, 0.2) is 0 Å². The molecule has 0 spiro atoms. The first-order valence-electron chi connectivity index (χ1n) is 7.76. The molecule has 0 saturated carbocycles. The van der Waals surface area contributed by atoms with Crippen LogP contribution in [0.1, 0.15) is 36.1 Å². The van der Waals surface area contributed by atoms with E-state index in [1.54, 1.807) is 24.3 Å². The van der Waals surface area contributed by atoms with Gasteiger partial charge in [-0.25, -0.2) is 4.79 Å². The summed E-state index contributed by atoms with van der Waals surface area (Å²) < 4.78 is 5.60. The van der Waals surface area contributed by atoms with E-state index in [4.69, 9.17) is 16.3 Å². The van der Waals surface area contributed by atoms with Crippen molar-refractivity contribution in [1.29, 1.82) is 0 Å². The molecule has 1 N–H and O–H groups in total. The fourth-order valence-corrected chi connectivity index (χ4v) is 2.73. The zero-order chi connectivity index (χ0) is 17.9. The van der Waals surface area contributed by atoms with Gasteiger partial charge >= 0.3 is 5.97 Å². The van der Waals surface area contributed by atoms with Gasteiger partial charge in [0.1, 0.15) is 5.75 Å². The highest BCUT2D eigenvalue weighted by atomic mass is 35.5. The standard InChI is InChI=1S/C20H21ClO3/c1-12(2)24-19-8-6-15(11-18(19)21)10-17(20(22)23)16-7-5-13(3)9-14(16)4/h5-12H,1-4H3,(H,22,23)/b17-10-. The topological polar surface area (TPSA) is 46.5 Å². The van der Waals surface area contributed by atoms with Gasteiger partial charge in [-0.2, -0.15) is 0 Å². The van der Waals surface area contributed by atoms with Gasteiger partial charge in [0.25, 0.3) is 0 Å². The molecule has 0 aliphatic heterocycles. The van der Waals surface area contributed by atoms with Gasteiger partial charge in [-0.1, -0.05) is 41.4 Å². The number of carbonyl (C=O) groups is 1. The minimum absolute atomic E-state index is 0.0219. The third kappa shape index (κ3) is 4.39. The van der Waals surface area contributed by atoms with E-state index in [0.717, 1.165) is 11.1 Å². The molecule has 0 heterocycles. The third-order valence-electron chi connectivity index (χ3n) is 3.53. The minimum Gasteiger partial charge on any atom is -0.489 e. The second-order valence-electron chi connectivity index (χ2n) is 6.04. The van der Waals surface area contributed by atoms with Gasteiger partial charge in [-0.05, 0) is 62.6 Å². The molecule has 0 amide bonds. The Balaban J connectivity index is 2.45. The number of rotatable bonds is 5.